The third-order valence-electron chi connectivity index (χ3n) is 5.08. The number of esters is 1. The minimum Gasteiger partial charge on any atom is -0.486 e. The fourth-order valence-electron chi connectivity index (χ4n) is 3.24. The smallest absolute Gasteiger partial charge is 0.306 e. The molecule has 8 nitrogen and oxygen atoms in total. The molecule has 0 N–H and O–H groups in total. The maximum absolute atomic E-state index is 12.4. The van der Waals surface area contributed by atoms with Crippen molar-refractivity contribution in [3.8, 4) is 22.9 Å². The highest BCUT2D eigenvalue weighted by molar-refractivity contribution is 5.98. The summed E-state index contributed by atoms with van der Waals surface area (Å²) in [5.41, 5.74) is 2.50. The molecule has 0 saturated carbocycles. The summed E-state index contributed by atoms with van der Waals surface area (Å²) in [6.07, 6.45) is -0.0271. The van der Waals surface area contributed by atoms with Crippen LogP contribution in [0.1, 0.15) is 54.4 Å². The Morgan fingerprint density at radius 3 is 2.50 bits per heavy atom. The number of carbonyl (C=O) groups excluding carboxylic acids is 2. The molecule has 0 aliphatic carbocycles. The molecule has 3 aromatic rings. The van der Waals surface area contributed by atoms with Crippen molar-refractivity contribution in [3.05, 3.63) is 59.5 Å². The topological polar surface area (TPSA) is 101 Å². The lowest BCUT2D eigenvalue weighted by Crippen LogP contribution is -2.16. The first kappa shape index (κ1) is 21.5. The van der Waals surface area contributed by atoms with Gasteiger partial charge in [0.1, 0.15) is 13.2 Å². The summed E-state index contributed by atoms with van der Waals surface area (Å²) >= 11 is 0. The zero-order chi connectivity index (χ0) is 22.5. The molecule has 0 unspecified atom stereocenters. The lowest BCUT2D eigenvalue weighted by molar-refractivity contribution is -0.145. The summed E-state index contributed by atoms with van der Waals surface area (Å²) in [7, 11) is 0. The van der Waals surface area contributed by atoms with Gasteiger partial charge in [-0.05, 0) is 29.7 Å². The van der Waals surface area contributed by atoms with E-state index in [0.29, 0.717) is 42.0 Å². The van der Waals surface area contributed by atoms with E-state index in [1.807, 2.05) is 24.3 Å². The van der Waals surface area contributed by atoms with Crippen molar-refractivity contribution in [2.75, 3.05) is 13.2 Å². The Kier molecular flexibility index (Phi) is 6.49. The molecule has 0 amide bonds. The van der Waals surface area contributed by atoms with Gasteiger partial charge in [-0.1, -0.05) is 43.3 Å². The fourth-order valence-corrected chi connectivity index (χ4v) is 3.24. The van der Waals surface area contributed by atoms with Crippen LogP contribution in [0.25, 0.3) is 11.4 Å². The van der Waals surface area contributed by atoms with Gasteiger partial charge in [-0.2, -0.15) is 4.98 Å². The number of Topliss-reactive ketones (excluding diaryl/α,β-unsaturated/α-hetero) is 1. The fraction of sp³-hybridized carbons (Fsp3) is 0.333. The predicted octanol–water partition coefficient (Wildman–Crippen LogP) is 4.34. The predicted molar refractivity (Wildman–Crippen MR) is 115 cm³/mol. The summed E-state index contributed by atoms with van der Waals surface area (Å²) in [4.78, 5) is 28.7. The number of benzene rings is 2. The van der Waals surface area contributed by atoms with Crippen LogP contribution in [0, 0.1) is 0 Å². The molecular formula is C24H24N2O6. The third-order valence-corrected chi connectivity index (χ3v) is 5.08. The van der Waals surface area contributed by atoms with Crippen LogP contribution in [0.5, 0.6) is 11.5 Å². The van der Waals surface area contributed by atoms with Crippen LogP contribution in [0.3, 0.4) is 0 Å². The van der Waals surface area contributed by atoms with Crippen LogP contribution in [0.4, 0.5) is 0 Å². The second kappa shape index (κ2) is 9.64. The van der Waals surface area contributed by atoms with Crippen LogP contribution < -0.4 is 9.47 Å². The molecule has 2 heterocycles. The molecule has 0 atom stereocenters. The first-order chi connectivity index (χ1) is 15.5. The molecule has 2 aromatic carbocycles. The Morgan fingerprint density at radius 1 is 1.00 bits per heavy atom. The van der Waals surface area contributed by atoms with E-state index in [-0.39, 0.29) is 31.1 Å². The van der Waals surface area contributed by atoms with E-state index in [9.17, 15) is 9.59 Å². The maximum atomic E-state index is 12.4. The first-order valence-corrected chi connectivity index (χ1v) is 10.5. The maximum Gasteiger partial charge on any atom is 0.306 e. The normalized spacial score (nSPS) is 12.6. The van der Waals surface area contributed by atoms with Crippen LogP contribution in [0.2, 0.25) is 0 Å². The van der Waals surface area contributed by atoms with E-state index in [1.165, 1.54) is 5.56 Å². The minimum atomic E-state index is -0.517. The Bertz CT molecular complexity index is 1100. The molecule has 0 fully saturated rings. The van der Waals surface area contributed by atoms with Crippen LogP contribution >= 0.6 is 0 Å². The molecule has 8 heteroatoms. The van der Waals surface area contributed by atoms with E-state index < -0.39 is 5.97 Å². The Hall–Kier alpha value is -3.68. The van der Waals surface area contributed by atoms with Gasteiger partial charge in [-0.15, -0.1) is 0 Å². The van der Waals surface area contributed by atoms with Crippen molar-refractivity contribution in [2.45, 2.75) is 39.2 Å². The van der Waals surface area contributed by atoms with Crippen molar-refractivity contribution < 1.29 is 28.3 Å². The molecule has 1 aliphatic heterocycles. The molecule has 1 aromatic heterocycles. The SMILES string of the molecule is CC(C)c1ccc(-c2noc(COC(=O)CCC(=O)c3ccc4c(c3)OCCO4)n2)cc1. The zero-order valence-electron chi connectivity index (χ0n) is 18.0. The minimum absolute atomic E-state index is 0.0236. The third kappa shape index (κ3) is 5.14. The van der Waals surface area contributed by atoms with E-state index in [0.717, 1.165) is 5.56 Å². The van der Waals surface area contributed by atoms with E-state index >= 15 is 0 Å². The second-order valence-electron chi connectivity index (χ2n) is 7.73. The quantitative estimate of drug-likeness (QED) is 0.380. The standard InChI is InChI=1S/C24H24N2O6/c1-15(2)16-3-5-17(6-4-16)24-25-22(32-26-24)14-31-23(28)10-8-19(27)18-7-9-20-21(13-18)30-12-11-29-20/h3-7,9,13,15H,8,10-12,14H2,1-2H3. The lowest BCUT2D eigenvalue weighted by atomic mass is 10.0. The molecule has 166 valence electrons. The molecule has 0 saturated heterocycles. The Labute approximate surface area is 185 Å². The first-order valence-electron chi connectivity index (χ1n) is 10.5. The van der Waals surface area contributed by atoms with Gasteiger partial charge in [0.2, 0.25) is 5.82 Å². The number of ketones is 1. The van der Waals surface area contributed by atoms with Crippen LogP contribution in [-0.2, 0) is 16.1 Å². The van der Waals surface area contributed by atoms with Crippen molar-refractivity contribution in [1.82, 2.24) is 10.1 Å². The van der Waals surface area contributed by atoms with Gasteiger partial charge >= 0.3 is 5.97 Å². The van der Waals surface area contributed by atoms with Gasteiger partial charge in [0.15, 0.2) is 23.9 Å². The van der Waals surface area contributed by atoms with Crippen molar-refractivity contribution in [3.63, 3.8) is 0 Å². The molecule has 0 radical (unpaired) electrons. The number of nitrogens with zero attached hydrogens (tertiary/aromatic N) is 2. The van der Waals surface area contributed by atoms with Crippen LogP contribution in [0.15, 0.2) is 47.0 Å². The van der Waals surface area contributed by atoms with Gasteiger partial charge < -0.3 is 18.7 Å². The largest absolute Gasteiger partial charge is 0.486 e. The second-order valence-corrected chi connectivity index (χ2v) is 7.73. The summed E-state index contributed by atoms with van der Waals surface area (Å²) in [5, 5.41) is 3.93. The number of fused-ring (bicyclic) bond motifs is 1. The zero-order valence-corrected chi connectivity index (χ0v) is 18.0. The molecule has 0 bridgehead atoms. The number of hydrogen-bond donors (Lipinski definition) is 0. The number of aromatic nitrogens is 2. The van der Waals surface area contributed by atoms with E-state index in [1.54, 1.807) is 18.2 Å². The molecule has 32 heavy (non-hydrogen) atoms. The summed E-state index contributed by atoms with van der Waals surface area (Å²) in [6, 6.07) is 12.9. The van der Waals surface area contributed by atoms with Crippen molar-refractivity contribution >= 4 is 11.8 Å². The monoisotopic (exact) mass is 436 g/mol. The Balaban J connectivity index is 1.26. The summed E-state index contributed by atoms with van der Waals surface area (Å²) < 4.78 is 21.3. The number of carbonyl (C=O) groups is 2. The summed E-state index contributed by atoms with van der Waals surface area (Å²) in [6.45, 7) is 5.03. The summed E-state index contributed by atoms with van der Waals surface area (Å²) in [5.74, 6) is 1.52. The van der Waals surface area contributed by atoms with E-state index in [4.69, 9.17) is 18.7 Å². The molecule has 0 spiro atoms. The highest BCUT2D eigenvalue weighted by Gasteiger charge is 2.17. The number of hydrogen-bond acceptors (Lipinski definition) is 8. The molecule has 1 aliphatic rings. The Morgan fingerprint density at radius 2 is 1.75 bits per heavy atom. The van der Waals surface area contributed by atoms with Gasteiger partial charge in [0, 0.05) is 17.5 Å². The average molecular weight is 436 g/mol. The number of rotatable bonds is 8. The lowest BCUT2D eigenvalue weighted by Gasteiger charge is -2.18. The van der Waals surface area contributed by atoms with Gasteiger partial charge in [0.25, 0.3) is 5.89 Å². The van der Waals surface area contributed by atoms with Crippen molar-refractivity contribution in [1.29, 1.82) is 0 Å². The van der Waals surface area contributed by atoms with Crippen LogP contribution in [-0.4, -0.2) is 35.1 Å². The molecule has 4 rings (SSSR count). The highest BCUT2D eigenvalue weighted by Crippen LogP contribution is 2.31. The van der Waals surface area contributed by atoms with Crippen molar-refractivity contribution in [2.24, 2.45) is 0 Å². The van der Waals surface area contributed by atoms with Gasteiger partial charge in [-0.3, -0.25) is 9.59 Å². The van der Waals surface area contributed by atoms with Gasteiger partial charge in [0.05, 0.1) is 6.42 Å². The van der Waals surface area contributed by atoms with Gasteiger partial charge in [-0.25, -0.2) is 0 Å². The molecular weight excluding hydrogens is 412 g/mol. The van der Waals surface area contributed by atoms with E-state index in [2.05, 4.69) is 24.0 Å². The average Bonchev–Trinajstić information content (AvgIpc) is 3.30. The highest BCUT2D eigenvalue weighted by atomic mass is 16.6. The number of ether oxygens (including phenoxy) is 3.